The van der Waals surface area contributed by atoms with E-state index in [1.165, 1.54) is 18.2 Å². The Bertz CT molecular complexity index is 925. The Hall–Kier alpha value is -2.64. The van der Waals surface area contributed by atoms with Gasteiger partial charge in [0.1, 0.15) is 5.75 Å². The highest BCUT2D eigenvalue weighted by molar-refractivity contribution is 7.89. The maximum absolute atomic E-state index is 12.0. The minimum absolute atomic E-state index is 0.0726. The Morgan fingerprint density at radius 1 is 1.15 bits per heavy atom. The predicted octanol–water partition coefficient (Wildman–Crippen LogP) is 2.33. The third-order valence-electron chi connectivity index (χ3n) is 4.17. The van der Waals surface area contributed by atoms with E-state index in [2.05, 4.69) is 5.32 Å². The van der Waals surface area contributed by atoms with Gasteiger partial charge >= 0.3 is 0 Å². The quantitative estimate of drug-likeness (QED) is 0.711. The molecule has 6 nitrogen and oxygen atoms in total. The lowest BCUT2D eigenvalue weighted by atomic mass is 10.0. The minimum Gasteiger partial charge on any atom is -0.497 e. The molecule has 1 amide bonds. The topological polar surface area (TPSA) is 98.5 Å². The van der Waals surface area contributed by atoms with Gasteiger partial charge in [0.25, 0.3) is 0 Å². The van der Waals surface area contributed by atoms with Gasteiger partial charge in [-0.2, -0.15) is 0 Å². The molecule has 144 valence electrons. The van der Waals surface area contributed by atoms with Crippen molar-refractivity contribution in [2.24, 2.45) is 5.14 Å². The SMILES string of the molecule is COc1cc(C)c(/C=C/C(=O)NCCc2ccc(S(N)(=O)=O)cc2)c(C)c1. The van der Waals surface area contributed by atoms with Crippen LogP contribution in [0.3, 0.4) is 0 Å². The summed E-state index contributed by atoms with van der Waals surface area (Å²) in [6.45, 7) is 4.38. The fourth-order valence-corrected chi connectivity index (χ4v) is 3.22. The van der Waals surface area contributed by atoms with Gasteiger partial charge in [0, 0.05) is 12.6 Å². The van der Waals surface area contributed by atoms with Gasteiger partial charge in [0.05, 0.1) is 12.0 Å². The third kappa shape index (κ3) is 5.94. The molecule has 0 aliphatic rings. The molecule has 7 heteroatoms. The summed E-state index contributed by atoms with van der Waals surface area (Å²) >= 11 is 0. The van der Waals surface area contributed by atoms with Gasteiger partial charge in [-0.05, 0) is 72.9 Å². The second-order valence-corrected chi connectivity index (χ2v) is 7.80. The van der Waals surface area contributed by atoms with E-state index in [-0.39, 0.29) is 10.8 Å². The molecule has 3 N–H and O–H groups in total. The smallest absolute Gasteiger partial charge is 0.244 e. The highest BCUT2D eigenvalue weighted by atomic mass is 32.2. The van der Waals surface area contributed by atoms with E-state index < -0.39 is 10.0 Å². The molecular formula is C20H24N2O4S. The van der Waals surface area contributed by atoms with Crippen LogP contribution in [0.1, 0.15) is 22.3 Å². The zero-order valence-corrected chi connectivity index (χ0v) is 16.5. The number of benzene rings is 2. The molecule has 0 atom stereocenters. The summed E-state index contributed by atoms with van der Waals surface area (Å²) in [4.78, 5) is 12.1. The van der Waals surface area contributed by atoms with Crippen molar-refractivity contribution in [2.75, 3.05) is 13.7 Å². The molecule has 2 aromatic rings. The molecule has 2 rings (SSSR count). The largest absolute Gasteiger partial charge is 0.497 e. The molecule has 0 aliphatic carbocycles. The predicted molar refractivity (Wildman–Crippen MR) is 106 cm³/mol. The lowest BCUT2D eigenvalue weighted by molar-refractivity contribution is -0.116. The van der Waals surface area contributed by atoms with Crippen molar-refractivity contribution in [3.8, 4) is 5.75 Å². The first-order valence-electron chi connectivity index (χ1n) is 8.43. The lowest BCUT2D eigenvalue weighted by Gasteiger charge is -2.09. The van der Waals surface area contributed by atoms with Gasteiger partial charge < -0.3 is 10.1 Å². The number of primary sulfonamides is 1. The number of amides is 1. The molecule has 0 fully saturated rings. The number of carbonyl (C=O) groups excluding carboxylic acids is 1. The lowest BCUT2D eigenvalue weighted by Crippen LogP contribution is -2.23. The van der Waals surface area contributed by atoms with Crippen LogP contribution >= 0.6 is 0 Å². The van der Waals surface area contributed by atoms with Crippen LogP contribution < -0.4 is 15.2 Å². The van der Waals surface area contributed by atoms with Crippen LogP contribution in [0, 0.1) is 13.8 Å². The molecule has 0 saturated heterocycles. The number of nitrogens with two attached hydrogens (primary N) is 1. The summed E-state index contributed by atoms with van der Waals surface area (Å²) in [6, 6.07) is 10.1. The summed E-state index contributed by atoms with van der Waals surface area (Å²) in [5.41, 5.74) is 3.97. The number of aryl methyl sites for hydroxylation is 2. The zero-order chi connectivity index (χ0) is 20.0. The number of hydrogen-bond acceptors (Lipinski definition) is 4. The van der Waals surface area contributed by atoms with Crippen LogP contribution in [-0.2, 0) is 21.2 Å². The molecule has 0 saturated carbocycles. The maximum Gasteiger partial charge on any atom is 0.244 e. The summed E-state index contributed by atoms with van der Waals surface area (Å²) in [5, 5.41) is 7.88. The van der Waals surface area contributed by atoms with Gasteiger partial charge in [-0.25, -0.2) is 13.6 Å². The Kier molecular flexibility index (Phi) is 6.76. The Morgan fingerprint density at radius 3 is 2.26 bits per heavy atom. The van der Waals surface area contributed by atoms with Crippen molar-refractivity contribution >= 4 is 22.0 Å². The van der Waals surface area contributed by atoms with Crippen molar-refractivity contribution in [1.29, 1.82) is 0 Å². The molecule has 0 aliphatic heterocycles. The molecule has 0 radical (unpaired) electrons. The van der Waals surface area contributed by atoms with E-state index in [1.54, 1.807) is 25.3 Å². The van der Waals surface area contributed by atoms with Crippen LogP contribution in [0.4, 0.5) is 0 Å². The molecule has 27 heavy (non-hydrogen) atoms. The molecular weight excluding hydrogens is 364 g/mol. The fourth-order valence-electron chi connectivity index (χ4n) is 2.71. The number of nitrogens with one attached hydrogen (secondary N) is 1. The monoisotopic (exact) mass is 388 g/mol. The van der Waals surface area contributed by atoms with Crippen molar-refractivity contribution < 1.29 is 17.9 Å². The Balaban J connectivity index is 1.90. The Morgan fingerprint density at radius 2 is 1.74 bits per heavy atom. The average Bonchev–Trinajstić information content (AvgIpc) is 2.60. The van der Waals surface area contributed by atoms with Crippen LogP contribution in [0.5, 0.6) is 5.75 Å². The van der Waals surface area contributed by atoms with E-state index in [1.807, 2.05) is 26.0 Å². The van der Waals surface area contributed by atoms with Crippen molar-refractivity contribution in [1.82, 2.24) is 5.32 Å². The summed E-state index contributed by atoms with van der Waals surface area (Å²) in [7, 11) is -2.06. The second-order valence-electron chi connectivity index (χ2n) is 6.24. The average molecular weight is 388 g/mol. The fraction of sp³-hybridized carbons (Fsp3) is 0.250. The molecule has 0 aromatic heterocycles. The normalized spacial score (nSPS) is 11.6. The zero-order valence-electron chi connectivity index (χ0n) is 15.7. The van der Waals surface area contributed by atoms with E-state index in [4.69, 9.17) is 9.88 Å². The molecule has 2 aromatic carbocycles. The van der Waals surface area contributed by atoms with Crippen molar-refractivity contribution in [3.63, 3.8) is 0 Å². The number of rotatable bonds is 7. The first-order chi connectivity index (χ1) is 12.7. The van der Waals surface area contributed by atoms with E-state index in [0.29, 0.717) is 13.0 Å². The number of sulfonamides is 1. The minimum atomic E-state index is -3.69. The van der Waals surface area contributed by atoms with E-state index in [9.17, 15) is 13.2 Å². The summed E-state index contributed by atoms with van der Waals surface area (Å²) in [6.07, 6.45) is 3.89. The second kappa shape index (κ2) is 8.83. The van der Waals surface area contributed by atoms with Crippen LogP contribution in [0.2, 0.25) is 0 Å². The highest BCUT2D eigenvalue weighted by Crippen LogP contribution is 2.22. The van der Waals surface area contributed by atoms with Crippen molar-refractivity contribution in [2.45, 2.75) is 25.2 Å². The molecule has 0 bridgehead atoms. The molecule has 0 heterocycles. The van der Waals surface area contributed by atoms with Gasteiger partial charge in [-0.1, -0.05) is 12.1 Å². The third-order valence-corrected chi connectivity index (χ3v) is 5.10. The first kappa shape index (κ1) is 20.7. The van der Waals surface area contributed by atoms with Gasteiger partial charge in [-0.15, -0.1) is 0 Å². The number of ether oxygens (including phenoxy) is 1. The highest BCUT2D eigenvalue weighted by Gasteiger charge is 2.07. The molecule has 0 spiro atoms. The van der Waals surface area contributed by atoms with Gasteiger partial charge in [0.2, 0.25) is 15.9 Å². The number of hydrogen-bond donors (Lipinski definition) is 2. The van der Waals surface area contributed by atoms with Crippen molar-refractivity contribution in [3.05, 3.63) is 64.7 Å². The van der Waals surface area contributed by atoms with Crippen LogP contribution in [0.25, 0.3) is 6.08 Å². The standard InChI is InChI=1S/C20H24N2O4S/c1-14-12-17(26-3)13-15(2)19(14)8-9-20(23)22-11-10-16-4-6-18(7-5-16)27(21,24)25/h4-9,12-13H,10-11H2,1-3H3,(H,22,23)(H2,21,24,25)/b9-8+. The van der Waals surface area contributed by atoms with Crippen LogP contribution in [-0.4, -0.2) is 28.0 Å². The van der Waals surface area contributed by atoms with E-state index in [0.717, 1.165) is 28.0 Å². The summed E-state index contributed by atoms with van der Waals surface area (Å²) in [5.74, 6) is 0.603. The van der Waals surface area contributed by atoms with Gasteiger partial charge in [-0.3, -0.25) is 4.79 Å². The van der Waals surface area contributed by atoms with Gasteiger partial charge in [0.15, 0.2) is 0 Å². The van der Waals surface area contributed by atoms with Crippen LogP contribution in [0.15, 0.2) is 47.4 Å². The number of carbonyl (C=O) groups is 1. The molecule has 0 unspecified atom stereocenters. The number of methoxy groups -OCH3 is 1. The maximum atomic E-state index is 12.0. The van der Waals surface area contributed by atoms with E-state index >= 15 is 0 Å². The first-order valence-corrected chi connectivity index (χ1v) is 9.98. The summed E-state index contributed by atoms with van der Waals surface area (Å²) < 4.78 is 27.7. The Labute approximate surface area is 160 Å².